The SMILES string of the molecule is CCCCCCCCC=CCCO.O=C(O)/C=C\C(=O)O. The van der Waals surface area contributed by atoms with Crippen LogP contribution in [0, 0.1) is 0 Å². The largest absolute Gasteiger partial charge is 0.478 e. The number of hydrogen-bond acceptors (Lipinski definition) is 3. The van der Waals surface area contributed by atoms with E-state index in [0.717, 1.165) is 6.42 Å². The molecule has 122 valence electrons. The Hall–Kier alpha value is -1.62. The molecular weight excluding hydrogens is 272 g/mol. The molecule has 0 aromatic carbocycles. The molecule has 0 amide bonds. The molecule has 5 nitrogen and oxygen atoms in total. The number of carboxylic acid groups (broad SMARTS) is 2. The number of aliphatic hydroxyl groups is 1. The maximum Gasteiger partial charge on any atom is 0.328 e. The van der Waals surface area contributed by atoms with E-state index in [1.54, 1.807) is 0 Å². The Morgan fingerprint density at radius 3 is 1.76 bits per heavy atom. The summed E-state index contributed by atoms with van der Waals surface area (Å²) in [5, 5.41) is 24.1. The predicted octanol–water partition coefficient (Wildman–Crippen LogP) is 3.39. The van der Waals surface area contributed by atoms with Gasteiger partial charge < -0.3 is 15.3 Å². The van der Waals surface area contributed by atoms with E-state index in [4.69, 9.17) is 15.3 Å². The Kier molecular flexibility index (Phi) is 19.0. The molecule has 0 aromatic heterocycles. The van der Waals surface area contributed by atoms with E-state index < -0.39 is 11.9 Å². The molecule has 0 saturated carbocycles. The number of carbonyl (C=O) groups is 2. The zero-order chi connectivity index (χ0) is 16.3. The average molecular weight is 300 g/mol. The van der Waals surface area contributed by atoms with Gasteiger partial charge in [-0.2, -0.15) is 0 Å². The second-order valence-electron chi connectivity index (χ2n) is 4.55. The van der Waals surface area contributed by atoms with Crippen LogP contribution in [0.3, 0.4) is 0 Å². The first-order valence-corrected chi connectivity index (χ1v) is 7.44. The van der Waals surface area contributed by atoms with Crippen molar-refractivity contribution >= 4 is 11.9 Å². The van der Waals surface area contributed by atoms with Gasteiger partial charge in [-0.3, -0.25) is 0 Å². The summed E-state index contributed by atoms with van der Waals surface area (Å²) < 4.78 is 0. The summed E-state index contributed by atoms with van der Waals surface area (Å²) in [6, 6.07) is 0. The third-order valence-corrected chi connectivity index (χ3v) is 2.56. The van der Waals surface area contributed by atoms with Crippen molar-refractivity contribution in [3.8, 4) is 0 Å². The molecule has 0 fully saturated rings. The lowest BCUT2D eigenvalue weighted by Crippen LogP contribution is -1.91. The Morgan fingerprint density at radius 1 is 0.810 bits per heavy atom. The molecule has 0 heterocycles. The van der Waals surface area contributed by atoms with Gasteiger partial charge in [0.2, 0.25) is 0 Å². The third kappa shape index (κ3) is 27.5. The summed E-state index contributed by atoms with van der Waals surface area (Å²) in [6.07, 6.45) is 15.6. The minimum atomic E-state index is -1.26. The monoisotopic (exact) mass is 300 g/mol. The van der Waals surface area contributed by atoms with Crippen molar-refractivity contribution in [1.29, 1.82) is 0 Å². The Bertz CT molecular complexity index is 292. The van der Waals surface area contributed by atoms with Crippen LogP contribution in [-0.4, -0.2) is 33.9 Å². The Balaban J connectivity index is 0. The summed E-state index contributed by atoms with van der Waals surface area (Å²) in [7, 11) is 0. The molecule has 0 unspecified atom stereocenters. The maximum absolute atomic E-state index is 9.55. The maximum atomic E-state index is 9.55. The molecule has 5 heteroatoms. The van der Waals surface area contributed by atoms with Gasteiger partial charge in [0.25, 0.3) is 0 Å². The number of hydrogen-bond donors (Lipinski definition) is 3. The van der Waals surface area contributed by atoms with Crippen LogP contribution in [0.4, 0.5) is 0 Å². The van der Waals surface area contributed by atoms with Gasteiger partial charge in [0.05, 0.1) is 0 Å². The van der Waals surface area contributed by atoms with Crippen molar-refractivity contribution in [3.05, 3.63) is 24.3 Å². The highest BCUT2D eigenvalue weighted by Gasteiger charge is 1.88. The second kappa shape index (κ2) is 18.4. The van der Waals surface area contributed by atoms with Crippen molar-refractivity contribution in [3.63, 3.8) is 0 Å². The lowest BCUT2D eigenvalue weighted by atomic mass is 10.1. The first-order valence-electron chi connectivity index (χ1n) is 7.44. The molecule has 0 spiro atoms. The summed E-state index contributed by atoms with van der Waals surface area (Å²) in [5.41, 5.74) is 0. The number of rotatable bonds is 11. The van der Waals surface area contributed by atoms with Gasteiger partial charge in [0, 0.05) is 18.8 Å². The molecule has 0 atom stereocenters. The van der Waals surface area contributed by atoms with Crippen molar-refractivity contribution in [2.24, 2.45) is 0 Å². The number of carboxylic acids is 2. The molecular formula is C16H28O5. The molecule has 0 radical (unpaired) electrons. The highest BCUT2D eigenvalue weighted by atomic mass is 16.4. The van der Waals surface area contributed by atoms with E-state index in [9.17, 15) is 9.59 Å². The van der Waals surface area contributed by atoms with E-state index in [1.807, 2.05) is 0 Å². The van der Waals surface area contributed by atoms with Gasteiger partial charge in [-0.15, -0.1) is 0 Å². The van der Waals surface area contributed by atoms with Crippen LogP contribution in [0.5, 0.6) is 0 Å². The topological polar surface area (TPSA) is 94.8 Å². The van der Waals surface area contributed by atoms with E-state index in [1.165, 1.54) is 44.9 Å². The molecule has 21 heavy (non-hydrogen) atoms. The van der Waals surface area contributed by atoms with Crippen molar-refractivity contribution < 1.29 is 24.9 Å². The van der Waals surface area contributed by atoms with Gasteiger partial charge in [-0.05, 0) is 19.3 Å². The van der Waals surface area contributed by atoms with Crippen molar-refractivity contribution in [1.82, 2.24) is 0 Å². The van der Waals surface area contributed by atoms with Crippen LogP contribution < -0.4 is 0 Å². The first kappa shape index (κ1) is 21.7. The van der Waals surface area contributed by atoms with Crippen LogP contribution in [0.1, 0.15) is 58.3 Å². The molecule has 0 aliphatic rings. The number of allylic oxidation sites excluding steroid dienone is 1. The third-order valence-electron chi connectivity index (χ3n) is 2.56. The van der Waals surface area contributed by atoms with E-state index in [-0.39, 0.29) is 6.61 Å². The highest BCUT2D eigenvalue weighted by Crippen LogP contribution is 2.07. The predicted molar refractivity (Wildman–Crippen MR) is 83.2 cm³/mol. The van der Waals surface area contributed by atoms with E-state index in [0.29, 0.717) is 12.2 Å². The highest BCUT2D eigenvalue weighted by molar-refractivity contribution is 5.89. The standard InChI is InChI=1S/C12H24O.C4H4O4/c1-2-3-4-5-6-7-8-9-10-11-12-13;5-3(6)1-2-4(7)8/h9-10,13H,2-8,11-12H2,1H3;1-2H,(H,5,6)(H,7,8)/b;2-1-. The Morgan fingerprint density at radius 2 is 1.29 bits per heavy atom. The van der Waals surface area contributed by atoms with Gasteiger partial charge in [0.1, 0.15) is 0 Å². The smallest absolute Gasteiger partial charge is 0.328 e. The number of aliphatic carboxylic acids is 2. The van der Waals surface area contributed by atoms with Crippen LogP contribution >= 0.6 is 0 Å². The molecule has 0 bridgehead atoms. The Labute approximate surface area is 127 Å². The lowest BCUT2D eigenvalue weighted by Gasteiger charge is -1.97. The molecule has 0 saturated heterocycles. The fourth-order valence-corrected chi connectivity index (χ4v) is 1.50. The summed E-state index contributed by atoms with van der Waals surface area (Å²) >= 11 is 0. The molecule has 0 rings (SSSR count). The first-order chi connectivity index (χ1) is 10.0. The van der Waals surface area contributed by atoms with Crippen LogP contribution in [0.2, 0.25) is 0 Å². The fourth-order valence-electron chi connectivity index (χ4n) is 1.50. The summed E-state index contributed by atoms with van der Waals surface area (Å²) in [6.45, 7) is 2.53. The van der Waals surface area contributed by atoms with Gasteiger partial charge >= 0.3 is 11.9 Å². The van der Waals surface area contributed by atoms with Crippen LogP contribution in [0.25, 0.3) is 0 Å². The fraction of sp³-hybridized carbons (Fsp3) is 0.625. The zero-order valence-electron chi connectivity index (χ0n) is 12.8. The van der Waals surface area contributed by atoms with Gasteiger partial charge in [-0.25, -0.2) is 9.59 Å². The minimum absolute atomic E-state index is 0.285. The number of aliphatic hydroxyl groups excluding tert-OH is 1. The summed E-state index contributed by atoms with van der Waals surface area (Å²) in [5.74, 6) is -2.51. The molecule has 3 N–H and O–H groups in total. The van der Waals surface area contributed by atoms with E-state index in [2.05, 4.69) is 19.1 Å². The molecule has 0 aromatic rings. The average Bonchev–Trinajstić information content (AvgIpc) is 2.44. The lowest BCUT2D eigenvalue weighted by molar-refractivity contribution is -0.134. The van der Waals surface area contributed by atoms with Crippen LogP contribution in [0.15, 0.2) is 24.3 Å². The second-order valence-corrected chi connectivity index (χ2v) is 4.55. The van der Waals surface area contributed by atoms with Crippen LogP contribution in [-0.2, 0) is 9.59 Å². The van der Waals surface area contributed by atoms with Gasteiger partial charge in [0.15, 0.2) is 0 Å². The number of unbranched alkanes of at least 4 members (excludes halogenated alkanes) is 6. The van der Waals surface area contributed by atoms with E-state index >= 15 is 0 Å². The van der Waals surface area contributed by atoms with Crippen molar-refractivity contribution in [2.75, 3.05) is 6.61 Å². The minimum Gasteiger partial charge on any atom is -0.478 e. The van der Waals surface area contributed by atoms with Gasteiger partial charge in [-0.1, -0.05) is 51.2 Å². The summed E-state index contributed by atoms with van der Waals surface area (Å²) in [4.78, 5) is 19.1. The quantitative estimate of drug-likeness (QED) is 0.309. The normalized spacial score (nSPS) is 10.6. The zero-order valence-corrected chi connectivity index (χ0v) is 12.8. The van der Waals surface area contributed by atoms with Crippen molar-refractivity contribution in [2.45, 2.75) is 58.3 Å². The molecule has 0 aliphatic heterocycles. The molecule has 0 aliphatic carbocycles.